The third-order valence-electron chi connectivity index (χ3n) is 4.33. The summed E-state index contributed by atoms with van der Waals surface area (Å²) in [5.41, 5.74) is 0. The van der Waals surface area contributed by atoms with Crippen molar-refractivity contribution in [2.24, 2.45) is 5.92 Å². The second kappa shape index (κ2) is 6.72. The van der Waals surface area contributed by atoms with Crippen LogP contribution in [-0.4, -0.2) is 61.2 Å². The average Bonchev–Trinajstić information content (AvgIpc) is 2.25. The molecule has 0 saturated carbocycles. The summed E-state index contributed by atoms with van der Waals surface area (Å²) >= 11 is 0. The fourth-order valence-corrected chi connectivity index (χ4v) is 2.38. The lowest BCUT2D eigenvalue weighted by molar-refractivity contribution is 0.0602. The van der Waals surface area contributed by atoms with Crippen molar-refractivity contribution in [3.05, 3.63) is 0 Å². The molecule has 3 unspecified atom stereocenters. The van der Waals surface area contributed by atoms with Gasteiger partial charge in [0.25, 0.3) is 0 Å². The minimum Gasteiger partial charge on any atom is -0.313 e. The molecule has 3 nitrogen and oxygen atoms in total. The Morgan fingerprint density at radius 2 is 1.65 bits per heavy atom. The lowest BCUT2D eigenvalue weighted by atomic mass is 10.1. The molecular weight excluding hydrogens is 210 g/mol. The number of piperazine rings is 1. The van der Waals surface area contributed by atoms with Gasteiger partial charge in [-0.25, -0.2) is 0 Å². The summed E-state index contributed by atoms with van der Waals surface area (Å²) in [5.74, 6) is 0.723. The normalized spacial score (nSPS) is 29.8. The van der Waals surface area contributed by atoms with Crippen molar-refractivity contribution in [3.8, 4) is 0 Å². The van der Waals surface area contributed by atoms with Crippen LogP contribution in [0.5, 0.6) is 0 Å². The van der Waals surface area contributed by atoms with E-state index in [1.165, 1.54) is 19.6 Å². The first-order chi connectivity index (χ1) is 7.91. The molecule has 1 heterocycles. The van der Waals surface area contributed by atoms with Crippen LogP contribution >= 0.6 is 0 Å². The highest BCUT2D eigenvalue weighted by Gasteiger charge is 2.25. The molecule has 3 heteroatoms. The van der Waals surface area contributed by atoms with Gasteiger partial charge in [0.2, 0.25) is 0 Å². The highest BCUT2D eigenvalue weighted by Crippen LogP contribution is 2.12. The SMILES string of the molecule is CC(C)C(C)NCCN1CC(C)N(C)C(C)C1. The second-order valence-electron chi connectivity index (χ2n) is 6.11. The average molecular weight is 241 g/mol. The molecule has 17 heavy (non-hydrogen) atoms. The summed E-state index contributed by atoms with van der Waals surface area (Å²) in [7, 11) is 2.24. The number of nitrogens with one attached hydrogen (secondary N) is 1. The Hall–Kier alpha value is -0.120. The van der Waals surface area contributed by atoms with E-state index in [-0.39, 0.29) is 0 Å². The molecule has 1 N–H and O–H groups in total. The smallest absolute Gasteiger partial charge is 0.0195 e. The molecule has 0 amide bonds. The van der Waals surface area contributed by atoms with Crippen molar-refractivity contribution < 1.29 is 0 Å². The fourth-order valence-electron chi connectivity index (χ4n) is 2.38. The van der Waals surface area contributed by atoms with Gasteiger partial charge in [-0.15, -0.1) is 0 Å². The van der Waals surface area contributed by atoms with Crippen LogP contribution in [-0.2, 0) is 0 Å². The molecule has 0 aromatic rings. The van der Waals surface area contributed by atoms with E-state index in [4.69, 9.17) is 0 Å². The standard InChI is InChI=1S/C14H31N3/c1-11(2)14(5)15-7-8-17-9-12(3)16(6)13(4)10-17/h11-15H,7-10H2,1-6H3. The number of likely N-dealkylation sites (N-methyl/N-ethyl adjacent to an activating group) is 1. The number of rotatable bonds is 5. The molecule has 0 aromatic heterocycles. The summed E-state index contributed by atoms with van der Waals surface area (Å²) < 4.78 is 0. The molecule has 1 aliphatic rings. The molecule has 1 aliphatic heterocycles. The Labute approximate surface area is 108 Å². The van der Waals surface area contributed by atoms with Crippen LogP contribution in [0.4, 0.5) is 0 Å². The summed E-state index contributed by atoms with van der Waals surface area (Å²) in [6.45, 7) is 16.2. The maximum Gasteiger partial charge on any atom is 0.0195 e. The van der Waals surface area contributed by atoms with Crippen LogP contribution in [0.1, 0.15) is 34.6 Å². The van der Waals surface area contributed by atoms with E-state index in [0.29, 0.717) is 18.1 Å². The largest absolute Gasteiger partial charge is 0.313 e. The Bertz CT molecular complexity index is 206. The first kappa shape index (κ1) is 14.9. The van der Waals surface area contributed by atoms with Crippen molar-refractivity contribution in [3.63, 3.8) is 0 Å². The van der Waals surface area contributed by atoms with Crippen molar-refractivity contribution in [1.29, 1.82) is 0 Å². The third-order valence-corrected chi connectivity index (χ3v) is 4.33. The summed E-state index contributed by atoms with van der Waals surface area (Å²) in [6.07, 6.45) is 0. The van der Waals surface area contributed by atoms with Gasteiger partial charge in [0.15, 0.2) is 0 Å². The molecule has 1 rings (SSSR count). The minimum atomic E-state index is 0.623. The Morgan fingerprint density at radius 3 is 2.12 bits per heavy atom. The zero-order valence-corrected chi connectivity index (χ0v) is 12.5. The van der Waals surface area contributed by atoms with E-state index >= 15 is 0 Å². The molecule has 0 spiro atoms. The quantitative estimate of drug-likeness (QED) is 0.789. The van der Waals surface area contributed by atoms with E-state index in [1.807, 2.05) is 0 Å². The molecule has 0 radical (unpaired) electrons. The van der Waals surface area contributed by atoms with Crippen LogP contribution in [0.2, 0.25) is 0 Å². The maximum atomic E-state index is 3.61. The lowest BCUT2D eigenvalue weighted by Gasteiger charge is -2.42. The van der Waals surface area contributed by atoms with Gasteiger partial charge in [-0.1, -0.05) is 13.8 Å². The number of hydrogen-bond acceptors (Lipinski definition) is 3. The highest BCUT2D eigenvalue weighted by atomic mass is 15.3. The predicted octanol–water partition coefficient (Wildman–Crippen LogP) is 1.64. The van der Waals surface area contributed by atoms with Crippen molar-refractivity contribution in [1.82, 2.24) is 15.1 Å². The zero-order chi connectivity index (χ0) is 13.0. The van der Waals surface area contributed by atoms with E-state index in [2.05, 4.69) is 56.8 Å². The molecule has 3 atom stereocenters. The van der Waals surface area contributed by atoms with Crippen molar-refractivity contribution in [2.45, 2.75) is 52.7 Å². The summed E-state index contributed by atoms with van der Waals surface area (Å²) in [4.78, 5) is 5.08. The molecule has 1 saturated heterocycles. The van der Waals surface area contributed by atoms with Gasteiger partial charge in [-0.3, -0.25) is 9.80 Å². The van der Waals surface area contributed by atoms with E-state index in [9.17, 15) is 0 Å². The lowest BCUT2D eigenvalue weighted by Crippen LogP contribution is -2.56. The van der Waals surface area contributed by atoms with Gasteiger partial charge in [0.05, 0.1) is 0 Å². The Morgan fingerprint density at radius 1 is 1.12 bits per heavy atom. The highest BCUT2D eigenvalue weighted by molar-refractivity contribution is 4.83. The molecule has 102 valence electrons. The zero-order valence-electron chi connectivity index (χ0n) is 12.5. The monoisotopic (exact) mass is 241 g/mol. The first-order valence-electron chi connectivity index (χ1n) is 7.09. The van der Waals surface area contributed by atoms with Crippen molar-refractivity contribution >= 4 is 0 Å². The van der Waals surface area contributed by atoms with Gasteiger partial charge in [0.1, 0.15) is 0 Å². The topological polar surface area (TPSA) is 18.5 Å². The third kappa shape index (κ3) is 4.57. The van der Waals surface area contributed by atoms with Crippen LogP contribution in [0.3, 0.4) is 0 Å². The molecule has 1 fully saturated rings. The molecule has 0 bridgehead atoms. The predicted molar refractivity (Wildman–Crippen MR) is 75.4 cm³/mol. The van der Waals surface area contributed by atoms with Gasteiger partial charge >= 0.3 is 0 Å². The van der Waals surface area contributed by atoms with Crippen LogP contribution < -0.4 is 5.32 Å². The van der Waals surface area contributed by atoms with Gasteiger partial charge < -0.3 is 5.32 Å². The molecule has 0 aliphatic carbocycles. The van der Waals surface area contributed by atoms with E-state index < -0.39 is 0 Å². The van der Waals surface area contributed by atoms with E-state index in [0.717, 1.165) is 12.5 Å². The summed E-state index contributed by atoms with van der Waals surface area (Å²) in [5, 5.41) is 3.61. The molecule has 0 aromatic carbocycles. The Kier molecular flexibility index (Phi) is 5.90. The number of hydrogen-bond donors (Lipinski definition) is 1. The molecular formula is C14H31N3. The van der Waals surface area contributed by atoms with Crippen LogP contribution in [0.15, 0.2) is 0 Å². The maximum absolute atomic E-state index is 3.61. The second-order valence-corrected chi connectivity index (χ2v) is 6.11. The Balaban J connectivity index is 2.24. The van der Waals surface area contributed by atoms with Gasteiger partial charge in [-0.2, -0.15) is 0 Å². The van der Waals surface area contributed by atoms with Gasteiger partial charge in [-0.05, 0) is 33.7 Å². The number of nitrogens with zero attached hydrogens (tertiary/aromatic N) is 2. The van der Waals surface area contributed by atoms with Crippen LogP contribution in [0, 0.1) is 5.92 Å². The minimum absolute atomic E-state index is 0.623. The van der Waals surface area contributed by atoms with E-state index in [1.54, 1.807) is 0 Å². The first-order valence-corrected chi connectivity index (χ1v) is 7.09. The fraction of sp³-hybridized carbons (Fsp3) is 1.00. The van der Waals surface area contributed by atoms with Crippen molar-refractivity contribution in [2.75, 3.05) is 33.2 Å². The van der Waals surface area contributed by atoms with Gasteiger partial charge in [0, 0.05) is 44.3 Å². The summed E-state index contributed by atoms with van der Waals surface area (Å²) in [6, 6.07) is 1.99. The van der Waals surface area contributed by atoms with Crippen LogP contribution in [0.25, 0.3) is 0 Å².